The summed E-state index contributed by atoms with van der Waals surface area (Å²) in [6.07, 6.45) is 2.05. The number of phenolic OH excluding ortho intramolecular Hbond substituents is 1. The molecule has 3 rings (SSSR count). The molecule has 17 heavy (non-hydrogen) atoms. The van der Waals surface area contributed by atoms with Crippen molar-refractivity contribution in [2.45, 2.75) is 9.92 Å². The van der Waals surface area contributed by atoms with Crippen molar-refractivity contribution < 1.29 is 5.11 Å². The molecule has 0 amide bonds. The molecular weight excluding hydrogens is 230 g/mol. The summed E-state index contributed by atoms with van der Waals surface area (Å²) in [5.74, 6) is 0.300. The molecule has 2 aromatic heterocycles. The minimum atomic E-state index is 0.300. The third kappa shape index (κ3) is 2.01. The van der Waals surface area contributed by atoms with E-state index >= 15 is 0 Å². The van der Waals surface area contributed by atoms with Gasteiger partial charge in [0.1, 0.15) is 5.75 Å². The van der Waals surface area contributed by atoms with E-state index in [2.05, 4.69) is 28.8 Å². The lowest BCUT2D eigenvalue weighted by Gasteiger charge is -2.02. The van der Waals surface area contributed by atoms with Crippen molar-refractivity contribution in [3.05, 3.63) is 60.8 Å². The Bertz CT molecular complexity index is 643. The highest BCUT2D eigenvalue weighted by Crippen LogP contribution is 2.30. The number of aromatic nitrogens is 1. The summed E-state index contributed by atoms with van der Waals surface area (Å²) < 4.78 is 2.15. The van der Waals surface area contributed by atoms with Gasteiger partial charge < -0.3 is 9.51 Å². The summed E-state index contributed by atoms with van der Waals surface area (Å²) in [4.78, 5) is 1.12. The number of fused-ring (bicyclic) bond motifs is 1. The summed E-state index contributed by atoms with van der Waals surface area (Å²) in [6, 6.07) is 17.6. The van der Waals surface area contributed by atoms with Crippen molar-refractivity contribution in [2.24, 2.45) is 0 Å². The predicted octanol–water partition coefficient (Wildman–Crippen LogP) is 3.80. The van der Waals surface area contributed by atoms with Crippen molar-refractivity contribution in [1.82, 2.24) is 4.40 Å². The number of rotatable bonds is 2. The van der Waals surface area contributed by atoms with Crippen LogP contribution < -0.4 is 0 Å². The van der Waals surface area contributed by atoms with Crippen LogP contribution in [0, 0.1) is 0 Å². The maximum atomic E-state index is 9.24. The minimum absolute atomic E-state index is 0.300. The number of hydrogen-bond acceptors (Lipinski definition) is 2. The summed E-state index contributed by atoms with van der Waals surface area (Å²) in [6.45, 7) is 0. The van der Waals surface area contributed by atoms with Crippen LogP contribution in [0.4, 0.5) is 0 Å². The second-order valence-electron chi connectivity index (χ2n) is 3.76. The van der Waals surface area contributed by atoms with Gasteiger partial charge >= 0.3 is 0 Å². The summed E-state index contributed by atoms with van der Waals surface area (Å²) in [7, 11) is 0. The summed E-state index contributed by atoms with van der Waals surface area (Å²) in [5, 5.41) is 10.4. The van der Waals surface area contributed by atoms with E-state index in [-0.39, 0.29) is 0 Å². The zero-order valence-electron chi connectivity index (χ0n) is 9.08. The van der Waals surface area contributed by atoms with Crippen LogP contribution in [0.5, 0.6) is 5.75 Å². The van der Waals surface area contributed by atoms with Crippen LogP contribution in [0.3, 0.4) is 0 Å². The lowest BCUT2D eigenvalue weighted by Crippen LogP contribution is -1.83. The van der Waals surface area contributed by atoms with Crippen molar-refractivity contribution in [1.29, 1.82) is 0 Å². The van der Waals surface area contributed by atoms with Crippen molar-refractivity contribution in [3.63, 3.8) is 0 Å². The SMILES string of the molecule is Oc1ccc(Sc2ccc3ccccn23)cc1. The van der Waals surface area contributed by atoms with Gasteiger partial charge in [-0.25, -0.2) is 0 Å². The zero-order valence-corrected chi connectivity index (χ0v) is 9.89. The molecule has 0 unspecified atom stereocenters. The molecule has 0 bridgehead atoms. The molecule has 0 aliphatic rings. The van der Waals surface area contributed by atoms with Crippen LogP contribution in [-0.2, 0) is 0 Å². The number of aromatic hydroxyl groups is 1. The first kappa shape index (κ1) is 10.3. The van der Waals surface area contributed by atoms with Gasteiger partial charge in [-0.2, -0.15) is 0 Å². The number of pyridine rings is 1. The Morgan fingerprint density at radius 2 is 1.71 bits per heavy atom. The lowest BCUT2D eigenvalue weighted by molar-refractivity contribution is 0.475. The molecule has 0 saturated heterocycles. The van der Waals surface area contributed by atoms with Crippen LogP contribution in [0.25, 0.3) is 5.52 Å². The molecule has 0 aliphatic carbocycles. The van der Waals surface area contributed by atoms with Crippen LogP contribution in [0.2, 0.25) is 0 Å². The van der Waals surface area contributed by atoms with Gasteiger partial charge in [0.2, 0.25) is 0 Å². The lowest BCUT2D eigenvalue weighted by atomic mass is 10.3. The Morgan fingerprint density at radius 3 is 2.53 bits per heavy atom. The van der Waals surface area contributed by atoms with E-state index in [1.54, 1.807) is 23.9 Å². The largest absolute Gasteiger partial charge is 0.508 e. The van der Waals surface area contributed by atoms with Gasteiger partial charge in [-0.05, 0) is 48.5 Å². The van der Waals surface area contributed by atoms with Gasteiger partial charge in [-0.3, -0.25) is 0 Å². The molecule has 2 nitrogen and oxygen atoms in total. The first-order chi connectivity index (χ1) is 8.33. The molecular formula is C14H11NOS. The van der Waals surface area contributed by atoms with Crippen LogP contribution in [0.1, 0.15) is 0 Å². The van der Waals surface area contributed by atoms with E-state index in [9.17, 15) is 5.11 Å². The summed E-state index contributed by atoms with van der Waals surface area (Å²) >= 11 is 1.68. The molecule has 3 aromatic rings. The van der Waals surface area contributed by atoms with E-state index in [1.165, 1.54) is 10.5 Å². The molecule has 0 aliphatic heterocycles. The zero-order chi connectivity index (χ0) is 11.7. The number of hydrogen-bond donors (Lipinski definition) is 1. The monoisotopic (exact) mass is 241 g/mol. The highest BCUT2D eigenvalue weighted by molar-refractivity contribution is 7.99. The van der Waals surface area contributed by atoms with Gasteiger partial charge in [-0.15, -0.1) is 0 Å². The van der Waals surface area contributed by atoms with E-state index in [4.69, 9.17) is 0 Å². The van der Waals surface area contributed by atoms with Crippen LogP contribution in [0.15, 0.2) is 70.7 Å². The third-order valence-corrected chi connectivity index (χ3v) is 3.63. The molecule has 3 heteroatoms. The van der Waals surface area contributed by atoms with Gasteiger partial charge in [0, 0.05) is 16.6 Å². The molecule has 0 atom stereocenters. The van der Waals surface area contributed by atoms with Gasteiger partial charge in [-0.1, -0.05) is 17.8 Å². The number of nitrogens with zero attached hydrogens (tertiary/aromatic N) is 1. The van der Waals surface area contributed by atoms with Crippen molar-refractivity contribution in [3.8, 4) is 5.75 Å². The molecule has 2 heterocycles. The van der Waals surface area contributed by atoms with Crippen LogP contribution in [-0.4, -0.2) is 9.51 Å². The second kappa shape index (κ2) is 4.18. The normalized spacial score (nSPS) is 10.8. The average Bonchev–Trinajstić information content (AvgIpc) is 2.76. The van der Waals surface area contributed by atoms with E-state index in [1.807, 2.05) is 24.3 Å². The fourth-order valence-corrected chi connectivity index (χ4v) is 2.66. The fourth-order valence-electron chi connectivity index (χ4n) is 1.75. The number of phenols is 1. The standard InChI is InChI=1S/C14H11NOS/c16-12-5-7-13(8-6-12)17-14-9-4-11-3-1-2-10-15(11)14/h1-10,16H. The minimum Gasteiger partial charge on any atom is -0.508 e. The Morgan fingerprint density at radius 1 is 0.882 bits per heavy atom. The van der Waals surface area contributed by atoms with Gasteiger partial charge in [0.05, 0.1) is 5.03 Å². The fraction of sp³-hybridized carbons (Fsp3) is 0. The highest BCUT2D eigenvalue weighted by Gasteiger charge is 2.02. The maximum Gasteiger partial charge on any atom is 0.115 e. The average molecular weight is 241 g/mol. The molecule has 1 aromatic carbocycles. The molecule has 0 fully saturated rings. The Labute approximate surface area is 104 Å². The molecule has 84 valence electrons. The second-order valence-corrected chi connectivity index (χ2v) is 4.86. The van der Waals surface area contributed by atoms with E-state index in [0.717, 1.165) is 4.90 Å². The molecule has 1 N–H and O–H groups in total. The molecule has 0 saturated carbocycles. The van der Waals surface area contributed by atoms with Gasteiger partial charge in [0.25, 0.3) is 0 Å². The Balaban J connectivity index is 1.97. The summed E-state index contributed by atoms with van der Waals surface area (Å²) in [5.41, 5.74) is 1.19. The first-order valence-electron chi connectivity index (χ1n) is 5.36. The van der Waals surface area contributed by atoms with E-state index in [0.29, 0.717) is 5.75 Å². The van der Waals surface area contributed by atoms with Gasteiger partial charge in [0.15, 0.2) is 0 Å². The Kier molecular flexibility index (Phi) is 2.53. The van der Waals surface area contributed by atoms with Crippen molar-refractivity contribution >= 4 is 17.3 Å². The highest BCUT2D eigenvalue weighted by atomic mass is 32.2. The maximum absolute atomic E-state index is 9.24. The molecule has 0 radical (unpaired) electrons. The van der Waals surface area contributed by atoms with E-state index < -0.39 is 0 Å². The number of benzene rings is 1. The van der Waals surface area contributed by atoms with Crippen LogP contribution >= 0.6 is 11.8 Å². The molecule has 0 spiro atoms. The third-order valence-electron chi connectivity index (χ3n) is 2.58. The predicted molar refractivity (Wildman–Crippen MR) is 69.6 cm³/mol. The topological polar surface area (TPSA) is 24.6 Å². The Hall–Kier alpha value is -1.87. The smallest absolute Gasteiger partial charge is 0.115 e. The quantitative estimate of drug-likeness (QED) is 0.738. The first-order valence-corrected chi connectivity index (χ1v) is 6.17. The van der Waals surface area contributed by atoms with Crippen molar-refractivity contribution in [2.75, 3.05) is 0 Å².